The topological polar surface area (TPSA) is 276 Å². The van der Waals surface area contributed by atoms with E-state index in [9.17, 15) is 22.8 Å². The Kier molecular flexibility index (Phi) is 16.9. The fraction of sp³-hybridized carbons (Fsp3) is 0.476. The molecule has 0 spiro atoms. The molecule has 6 rings (SSSR count). The number of hydrogen-bond acceptors (Lipinski definition) is 12. The lowest BCUT2D eigenvalue weighted by Gasteiger charge is -2.30. The van der Waals surface area contributed by atoms with Gasteiger partial charge in [0.05, 0.1) is 54.1 Å². The Morgan fingerprint density at radius 3 is 1.79 bits per heavy atom. The highest BCUT2D eigenvalue weighted by atomic mass is 32.2. The minimum atomic E-state index is -3.48. The number of benzene rings is 2. The number of nitrogens with one attached hydrogen (secondary N) is 4. The number of rotatable bonds is 16. The molecule has 0 bridgehead atoms. The Morgan fingerprint density at radius 1 is 0.839 bits per heavy atom. The van der Waals surface area contributed by atoms with Crippen LogP contribution in [0.5, 0.6) is 0 Å². The summed E-state index contributed by atoms with van der Waals surface area (Å²) in [5.74, 6) is 0.847. The molecule has 0 radical (unpaired) electrons. The van der Waals surface area contributed by atoms with Crippen LogP contribution < -0.4 is 5.32 Å². The van der Waals surface area contributed by atoms with Crippen molar-refractivity contribution in [3.8, 4) is 33.6 Å². The number of alkyl carbamates (subject to hydrolysis) is 1. The number of carbonyl (C=O) groups excluding carboxylic acids is 3. The predicted octanol–water partition coefficient (Wildman–Crippen LogP) is 4.20. The number of H-pyrrole nitrogens is 2. The summed E-state index contributed by atoms with van der Waals surface area (Å²) in [7, 11) is -2.26. The van der Waals surface area contributed by atoms with Crippen LogP contribution in [0.2, 0.25) is 0 Å². The number of aromatic amines is 2. The molecular formula is C42H58N8O10S2. The first kappa shape index (κ1) is 49.4. The highest BCUT2D eigenvalue weighted by molar-refractivity contribution is 7.91. The Bertz CT molecular complexity index is 2250. The smallest absolute Gasteiger partial charge is 0.407 e. The van der Waals surface area contributed by atoms with Crippen LogP contribution in [0.4, 0.5) is 4.79 Å². The largest absolute Gasteiger partial charge is 0.453 e. The maximum Gasteiger partial charge on any atom is 0.407 e. The second kappa shape index (κ2) is 21.2. The van der Waals surface area contributed by atoms with Crippen LogP contribution in [0.15, 0.2) is 60.9 Å². The van der Waals surface area contributed by atoms with E-state index in [1.54, 1.807) is 26.2 Å². The minimum Gasteiger partial charge on any atom is -0.453 e. The van der Waals surface area contributed by atoms with Crippen LogP contribution in [-0.2, 0) is 33.9 Å². The molecule has 3 amide bonds. The molecule has 6 atom stereocenters. The summed E-state index contributed by atoms with van der Waals surface area (Å²) in [4.78, 5) is 68.9. The number of sulfone groups is 1. The number of aromatic nitrogens is 4. The lowest BCUT2D eigenvalue weighted by molar-refractivity contribution is -0.229. The molecule has 20 heteroatoms. The van der Waals surface area contributed by atoms with Gasteiger partial charge in [-0.15, -0.1) is 0 Å². The van der Waals surface area contributed by atoms with Gasteiger partial charge in [0.2, 0.25) is 18.2 Å². The van der Waals surface area contributed by atoms with Crippen molar-refractivity contribution < 1.29 is 48.3 Å². The fourth-order valence-corrected chi connectivity index (χ4v) is 9.17. The number of methoxy groups -OCH3 is 1. The average Bonchev–Trinajstić information content (AvgIpc) is 4.06. The van der Waals surface area contributed by atoms with E-state index < -0.39 is 45.1 Å². The average molecular weight is 899 g/mol. The van der Waals surface area contributed by atoms with Crippen molar-refractivity contribution in [1.29, 1.82) is 5.41 Å². The fourth-order valence-electron chi connectivity index (χ4n) is 7.94. The second-order valence-electron chi connectivity index (χ2n) is 16.2. The molecule has 4 aromatic rings. The third kappa shape index (κ3) is 11.0. The van der Waals surface area contributed by atoms with E-state index in [4.69, 9.17) is 20.0 Å². The Balaban J connectivity index is 0.00000422. The molecule has 0 saturated carbocycles. The van der Waals surface area contributed by atoms with Gasteiger partial charge < -0.3 is 45.7 Å². The zero-order valence-corrected chi connectivity index (χ0v) is 37.3. The molecule has 8 N–H and O–H groups in total. The van der Waals surface area contributed by atoms with E-state index in [0.717, 1.165) is 34.4 Å². The molecule has 4 heterocycles. The summed E-state index contributed by atoms with van der Waals surface area (Å²) in [6.07, 6.45) is 5.48. The van der Waals surface area contributed by atoms with Crippen LogP contribution in [0.25, 0.3) is 33.6 Å². The number of nitrogens with zero attached hydrogens (tertiary/aromatic N) is 4. The summed E-state index contributed by atoms with van der Waals surface area (Å²) in [5, 5.41) is 8.87. The van der Waals surface area contributed by atoms with Gasteiger partial charge in [-0.25, -0.2) is 23.2 Å². The first-order valence-corrected chi connectivity index (χ1v) is 22.6. The van der Waals surface area contributed by atoms with Gasteiger partial charge in [-0.05, 0) is 58.6 Å². The van der Waals surface area contributed by atoms with Crippen LogP contribution >= 0.6 is 12.6 Å². The molecule has 2 fully saturated rings. The van der Waals surface area contributed by atoms with Crippen LogP contribution in [-0.4, -0.2) is 124 Å². The van der Waals surface area contributed by atoms with E-state index in [-0.39, 0.29) is 60.2 Å². The molecule has 2 saturated heterocycles. The van der Waals surface area contributed by atoms with Gasteiger partial charge in [0, 0.05) is 19.3 Å². The standard InChI is InChI=1S/C42H54N8O8S2.2H2O/c1-24(2)32(21-57-58-23-43)40(51)49-19-26(22-59)15-35(49)38-44-17-33(46-38)29-11-7-27(8-12-29)28-9-13-30(14-10-28)34-18-45-39(47-34)36-16-31(60(6,54)55)20-50(36)41(52)37(25(3)4)48-42(53)56-5;;/h7-14,17-18,23-26,31-32,35-37,43,59H,15-16,19-22H2,1-6H3,(H,44,46)(H,45,47)(H,48,53);2*1H2/t26-,31-,32?,35-,36-,37-;;/m0../s1. The van der Waals surface area contributed by atoms with Crippen molar-refractivity contribution in [3.05, 3.63) is 72.6 Å². The van der Waals surface area contributed by atoms with E-state index in [0.29, 0.717) is 36.0 Å². The van der Waals surface area contributed by atoms with Crippen molar-refractivity contribution in [1.82, 2.24) is 35.1 Å². The summed E-state index contributed by atoms with van der Waals surface area (Å²) < 4.78 is 30.0. The van der Waals surface area contributed by atoms with Gasteiger partial charge in [0.25, 0.3) is 0 Å². The van der Waals surface area contributed by atoms with Crippen molar-refractivity contribution in [3.63, 3.8) is 0 Å². The van der Waals surface area contributed by atoms with Crippen molar-refractivity contribution >= 4 is 46.8 Å². The van der Waals surface area contributed by atoms with Gasteiger partial charge >= 0.3 is 6.09 Å². The molecule has 2 aliphatic heterocycles. The third-order valence-electron chi connectivity index (χ3n) is 11.5. The summed E-state index contributed by atoms with van der Waals surface area (Å²) in [6.45, 7) is 8.11. The third-order valence-corrected chi connectivity index (χ3v) is 13.6. The number of amides is 3. The molecule has 0 aliphatic carbocycles. The number of imidazole rings is 2. The lowest BCUT2D eigenvalue weighted by atomic mass is 9.95. The maximum absolute atomic E-state index is 13.8. The second-order valence-corrected chi connectivity index (χ2v) is 18.9. The van der Waals surface area contributed by atoms with E-state index in [2.05, 4.69) is 37.8 Å². The maximum atomic E-state index is 13.8. The van der Waals surface area contributed by atoms with E-state index in [1.165, 1.54) is 18.3 Å². The van der Waals surface area contributed by atoms with Crippen LogP contribution in [0, 0.1) is 29.1 Å². The first-order valence-electron chi connectivity index (χ1n) is 20.0. The summed E-state index contributed by atoms with van der Waals surface area (Å²) >= 11 is 4.54. The summed E-state index contributed by atoms with van der Waals surface area (Å²) in [5.41, 5.74) is 5.32. The number of thiol groups is 1. The SMILES string of the molecule is COC(=O)N[C@H](C(=O)N1C[C@@H](S(C)(=O)=O)C[C@H]1c1ncc(-c2ccc(-c3ccc(-c4cnc([C@@H]5C[C@H](CS)CN5C(=O)C(COOC=N)C(C)C)[nH]4)cc3)cc2)[nH]1)C(C)C.O.O. The number of likely N-dealkylation sites (tertiary alicyclic amines) is 2. The van der Waals surface area contributed by atoms with Crippen molar-refractivity contribution in [2.24, 2.45) is 23.7 Å². The predicted molar refractivity (Wildman–Crippen MR) is 237 cm³/mol. The van der Waals surface area contributed by atoms with Gasteiger partial charge in [-0.3, -0.25) is 15.0 Å². The number of hydrogen-bond donors (Lipinski definition) is 5. The van der Waals surface area contributed by atoms with Gasteiger partial charge in [0.15, 0.2) is 9.84 Å². The molecule has 2 aliphatic rings. The van der Waals surface area contributed by atoms with Gasteiger partial charge in [-0.1, -0.05) is 76.2 Å². The molecule has 1 unspecified atom stereocenters. The molecule has 62 heavy (non-hydrogen) atoms. The van der Waals surface area contributed by atoms with E-state index >= 15 is 0 Å². The van der Waals surface area contributed by atoms with Crippen molar-refractivity contribution in [2.75, 3.05) is 38.8 Å². The number of ether oxygens (including phenoxy) is 1. The van der Waals surface area contributed by atoms with Crippen LogP contribution in [0.3, 0.4) is 0 Å². The molecule has 2 aromatic carbocycles. The van der Waals surface area contributed by atoms with Gasteiger partial charge in [-0.2, -0.15) is 17.5 Å². The molecule has 18 nitrogen and oxygen atoms in total. The quantitative estimate of drug-likeness (QED) is 0.0267. The monoisotopic (exact) mass is 898 g/mol. The highest BCUT2D eigenvalue weighted by Crippen LogP contribution is 2.39. The molecule has 2 aromatic heterocycles. The van der Waals surface area contributed by atoms with Crippen LogP contribution in [0.1, 0.15) is 64.3 Å². The Labute approximate surface area is 366 Å². The van der Waals surface area contributed by atoms with Crippen molar-refractivity contribution in [2.45, 2.75) is 63.9 Å². The first-order chi connectivity index (χ1) is 28.6. The normalized spacial score (nSPS) is 19.7. The van der Waals surface area contributed by atoms with E-state index in [1.807, 2.05) is 67.3 Å². The Hall–Kier alpha value is -5.28. The molecule has 338 valence electrons. The minimum absolute atomic E-state index is 0. The Morgan fingerprint density at radius 2 is 1.34 bits per heavy atom. The number of carbonyl (C=O) groups is 3. The highest BCUT2D eigenvalue weighted by Gasteiger charge is 2.45. The zero-order chi connectivity index (χ0) is 43.3. The van der Waals surface area contributed by atoms with Gasteiger partial charge in [0.1, 0.15) is 24.3 Å². The zero-order valence-electron chi connectivity index (χ0n) is 35.6. The lowest BCUT2D eigenvalue weighted by Crippen LogP contribution is -2.51. The summed E-state index contributed by atoms with van der Waals surface area (Å²) in [6, 6.07) is 14.3. The molecular weight excluding hydrogens is 841 g/mol.